The fourth-order valence-corrected chi connectivity index (χ4v) is 2.08. The SMILES string of the molecule is Cc1cc(Oc2cccc(F)c2CC(C)N)ccc1Cl. The van der Waals surface area contributed by atoms with Crippen LogP contribution in [0.1, 0.15) is 18.1 Å². The summed E-state index contributed by atoms with van der Waals surface area (Å²) in [7, 11) is 0. The Morgan fingerprint density at radius 1 is 1.30 bits per heavy atom. The van der Waals surface area contributed by atoms with Crippen LogP contribution < -0.4 is 10.5 Å². The minimum Gasteiger partial charge on any atom is -0.457 e. The maximum atomic E-state index is 13.9. The van der Waals surface area contributed by atoms with Crippen LogP contribution >= 0.6 is 11.6 Å². The summed E-state index contributed by atoms with van der Waals surface area (Å²) in [5, 5.41) is 0.674. The molecule has 0 saturated heterocycles. The van der Waals surface area contributed by atoms with E-state index in [9.17, 15) is 4.39 Å². The van der Waals surface area contributed by atoms with Gasteiger partial charge in [-0.05, 0) is 56.2 Å². The van der Waals surface area contributed by atoms with Gasteiger partial charge in [0.25, 0.3) is 0 Å². The summed E-state index contributed by atoms with van der Waals surface area (Å²) in [6.45, 7) is 3.73. The summed E-state index contributed by atoms with van der Waals surface area (Å²) in [4.78, 5) is 0. The molecule has 0 amide bonds. The highest BCUT2D eigenvalue weighted by molar-refractivity contribution is 6.31. The van der Waals surface area contributed by atoms with Crippen LogP contribution in [0, 0.1) is 12.7 Å². The van der Waals surface area contributed by atoms with E-state index < -0.39 is 0 Å². The van der Waals surface area contributed by atoms with E-state index >= 15 is 0 Å². The van der Waals surface area contributed by atoms with E-state index in [-0.39, 0.29) is 11.9 Å². The molecule has 106 valence electrons. The lowest BCUT2D eigenvalue weighted by Crippen LogP contribution is -2.19. The second-order valence-corrected chi connectivity index (χ2v) is 5.32. The van der Waals surface area contributed by atoms with E-state index in [1.54, 1.807) is 24.3 Å². The Labute approximate surface area is 123 Å². The van der Waals surface area contributed by atoms with Gasteiger partial charge in [0, 0.05) is 16.6 Å². The van der Waals surface area contributed by atoms with Crippen LogP contribution in [-0.4, -0.2) is 6.04 Å². The zero-order valence-corrected chi connectivity index (χ0v) is 12.2. The number of halogens is 2. The molecular formula is C16H17ClFNO. The summed E-state index contributed by atoms with van der Waals surface area (Å²) in [6.07, 6.45) is 0.425. The first-order valence-electron chi connectivity index (χ1n) is 6.44. The van der Waals surface area contributed by atoms with E-state index in [1.165, 1.54) is 6.07 Å². The van der Waals surface area contributed by atoms with Crippen molar-refractivity contribution in [1.82, 2.24) is 0 Å². The molecule has 0 aliphatic heterocycles. The van der Waals surface area contributed by atoms with Gasteiger partial charge in [-0.25, -0.2) is 4.39 Å². The number of rotatable bonds is 4. The van der Waals surface area contributed by atoms with Gasteiger partial charge in [-0.3, -0.25) is 0 Å². The summed E-state index contributed by atoms with van der Waals surface area (Å²) in [5.41, 5.74) is 7.17. The van der Waals surface area contributed by atoms with Gasteiger partial charge in [-0.1, -0.05) is 17.7 Å². The van der Waals surface area contributed by atoms with Crippen molar-refractivity contribution < 1.29 is 9.13 Å². The Kier molecular flexibility index (Phi) is 4.63. The fraction of sp³-hybridized carbons (Fsp3) is 0.250. The highest BCUT2D eigenvalue weighted by atomic mass is 35.5. The zero-order valence-electron chi connectivity index (χ0n) is 11.5. The standard InChI is InChI=1S/C16H17ClFNO/c1-10-8-12(6-7-14(10)17)20-16-5-3-4-15(18)13(16)9-11(2)19/h3-8,11H,9,19H2,1-2H3. The van der Waals surface area contributed by atoms with Crippen LogP contribution in [-0.2, 0) is 6.42 Å². The van der Waals surface area contributed by atoms with Crippen LogP contribution in [0.25, 0.3) is 0 Å². The number of benzene rings is 2. The highest BCUT2D eigenvalue weighted by Gasteiger charge is 2.12. The topological polar surface area (TPSA) is 35.2 Å². The average Bonchev–Trinajstić information content (AvgIpc) is 2.38. The van der Waals surface area contributed by atoms with Crippen molar-refractivity contribution in [1.29, 1.82) is 0 Å². The summed E-state index contributed by atoms with van der Waals surface area (Å²) >= 11 is 5.98. The molecular weight excluding hydrogens is 277 g/mol. The molecule has 0 bridgehead atoms. The van der Waals surface area contributed by atoms with Gasteiger partial charge in [0.1, 0.15) is 17.3 Å². The molecule has 0 fully saturated rings. The third-order valence-corrected chi connectivity index (χ3v) is 3.38. The first-order chi connectivity index (χ1) is 9.47. The van der Waals surface area contributed by atoms with Crippen LogP contribution in [0.15, 0.2) is 36.4 Å². The minimum atomic E-state index is -0.300. The molecule has 20 heavy (non-hydrogen) atoms. The Balaban J connectivity index is 2.32. The Bertz CT molecular complexity index is 613. The predicted molar refractivity (Wildman–Crippen MR) is 80.0 cm³/mol. The molecule has 2 aromatic rings. The van der Waals surface area contributed by atoms with E-state index in [4.69, 9.17) is 22.1 Å². The van der Waals surface area contributed by atoms with Crippen LogP contribution in [0.2, 0.25) is 5.02 Å². The Morgan fingerprint density at radius 2 is 2.05 bits per heavy atom. The molecule has 0 aliphatic carbocycles. The molecule has 2 N–H and O–H groups in total. The lowest BCUT2D eigenvalue weighted by atomic mass is 10.1. The van der Waals surface area contributed by atoms with Crippen molar-refractivity contribution in [2.24, 2.45) is 5.73 Å². The third-order valence-electron chi connectivity index (χ3n) is 2.96. The summed E-state index contributed by atoms with van der Waals surface area (Å²) < 4.78 is 19.7. The van der Waals surface area contributed by atoms with Gasteiger partial charge in [-0.15, -0.1) is 0 Å². The third kappa shape index (κ3) is 3.50. The first kappa shape index (κ1) is 14.8. The molecule has 1 atom stereocenters. The maximum absolute atomic E-state index is 13.9. The Morgan fingerprint density at radius 3 is 2.70 bits per heavy atom. The van der Waals surface area contributed by atoms with Crippen molar-refractivity contribution in [2.75, 3.05) is 0 Å². The summed E-state index contributed by atoms with van der Waals surface area (Å²) in [6, 6.07) is 9.98. The molecule has 0 aromatic heterocycles. The van der Waals surface area contributed by atoms with Gasteiger partial charge in [0.15, 0.2) is 0 Å². The molecule has 0 radical (unpaired) electrons. The second kappa shape index (κ2) is 6.25. The summed E-state index contributed by atoms with van der Waals surface area (Å²) in [5.74, 6) is 0.818. The second-order valence-electron chi connectivity index (χ2n) is 4.91. The first-order valence-corrected chi connectivity index (χ1v) is 6.82. The van der Waals surface area contributed by atoms with Gasteiger partial charge in [-0.2, -0.15) is 0 Å². The van der Waals surface area contributed by atoms with Gasteiger partial charge in [0.2, 0.25) is 0 Å². The molecule has 0 aliphatic rings. The number of hydrogen-bond acceptors (Lipinski definition) is 2. The molecule has 0 saturated carbocycles. The molecule has 0 spiro atoms. The van der Waals surface area contributed by atoms with E-state index in [0.717, 1.165) is 5.56 Å². The Hall–Kier alpha value is -1.58. The van der Waals surface area contributed by atoms with Crippen molar-refractivity contribution in [3.63, 3.8) is 0 Å². The van der Waals surface area contributed by atoms with Gasteiger partial charge < -0.3 is 10.5 Å². The number of nitrogens with two attached hydrogens (primary N) is 1. The average molecular weight is 294 g/mol. The molecule has 2 aromatic carbocycles. The van der Waals surface area contributed by atoms with Crippen LogP contribution in [0.5, 0.6) is 11.5 Å². The zero-order chi connectivity index (χ0) is 14.7. The van der Waals surface area contributed by atoms with Crippen molar-refractivity contribution in [2.45, 2.75) is 26.3 Å². The van der Waals surface area contributed by atoms with Crippen LogP contribution in [0.3, 0.4) is 0 Å². The monoisotopic (exact) mass is 293 g/mol. The van der Waals surface area contributed by atoms with Crippen molar-refractivity contribution >= 4 is 11.6 Å². The number of hydrogen-bond donors (Lipinski definition) is 1. The van der Waals surface area contributed by atoms with E-state index in [0.29, 0.717) is 28.5 Å². The largest absolute Gasteiger partial charge is 0.457 e. The van der Waals surface area contributed by atoms with Gasteiger partial charge in [0.05, 0.1) is 0 Å². The molecule has 2 nitrogen and oxygen atoms in total. The molecule has 1 unspecified atom stereocenters. The van der Waals surface area contributed by atoms with E-state index in [2.05, 4.69) is 0 Å². The minimum absolute atomic E-state index is 0.138. The van der Waals surface area contributed by atoms with Crippen LogP contribution in [0.4, 0.5) is 4.39 Å². The van der Waals surface area contributed by atoms with Gasteiger partial charge >= 0.3 is 0 Å². The van der Waals surface area contributed by atoms with E-state index in [1.807, 2.05) is 19.9 Å². The smallest absolute Gasteiger partial charge is 0.133 e. The molecule has 4 heteroatoms. The lowest BCUT2D eigenvalue weighted by molar-refractivity contribution is 0.463. The quantitative estimate of drug-likeness (QED) is 0.902. The fourth-order valence-electron chi connectivity index (χ4n) is 1.96. The molecule has 2 rings (SSSR count). The molecule has 0 heterocycles. The van der Waals surface area contributed by atoms with Crippen molar-refractivity contribution in [3.8, 4) is 11.5 Å². The predicted octanol–water partition coefficient (Wildman–Crippen LogP) is 4.47. The maximum Gasteiger partial charge on any atom is 0.133 e. The highest BCUT2D eigenvalue weighted by Crippen LogP contribution is 2.30. The normalized spacial score (nSPS) is 12.2. The van der Waals surface area contributed by atoms with Crippen molar-refractivity contribution in [3.05, 3.63) is 58.4 Å². The number of aryl methyl sites for hydroxylation is 1. The number of ether oxygens (including phenoxy) is 1. The lowest BCUT2D eigenvalue weighted by Gasteiger charge is -2.14.